The van der Waals surface area contributed by atoms with Gasteiger partial charge in [0.05, 0.1) is 39.1 Å². The molecular weight excluding hydrogens is 843 g/mol. The summed E-state index contributed by atoms with van der Waals surface area (Å²) >= 11 is 0. The van der Waals surface area contributed by atoms with Crippen LogP contribution in [0.1, 0.15) is 50.9 Å². The number of aromatic nitrogens is 3. The van der Waals surface area contributed by atoms with E-state index in [-0.39, 0.29) is 0 Å². The first kappa shape index (κ1) is 43.4. The molecule has 0 bridgehead atoms. The molecule has 0 amide bonds. The number of rotatable bonds is 3. The lowest BCUT2D eigenvalue weighted by atomic mass is 9.99. The van der Waals surface area contributed by atoms with Crippen molar-refractivity contribution in [3.8, 4) is 18.2 Å². The van der Waals surface area contributed by atoms with E-state index in [0.29, 0.717) is 25.1 Å². The van der Waals surface area contributed by atoms with Crippen molar-refractivity contribution in [2.75, 3.05) is 0 Å². The molecule has 300 valence electrons. The fourth-order valence-corrected chi connectivity index (χ4v) is 4.99. The highest BCUT2D eigenvalue weighted by Crippen LogP contribution is 2.58. The molecule has 27 heteroatoms. The third-order valence-corrected chi connectivity index (χ3v) is 7.27. The summed E-state index contributed by atoms with van der Waals surface area (Å²) in [6.45, 7) is 0.326. The Labute approximate surface area is 298 Å². The van der Waals surface area contributed by atoms with Gasteiger partial charge in [-0.05, 0) is 6.92 Å². The SMILES string of the molecule is Cc1nc(C(F)(F)F)c(F)c(C(C#N)=C2C(=C(C#N)c3c(F)c(C(F)(F)F)nc(C(F)(F)F)c3F)C2=C(C#N)c2c(F)c(C(F)(F)F)nc(C(F)(F)F)c2F)c1F. The number of pyridine rings is 3. The molecule has 0 aromatic carbocycles. The smallest absolute Gasteiger partial charge is 0.243 e. The predicted molar refractivity (Wildman–Crippen MR) is 140 cm³/mol. The molecule has 1 aliphatic carbocycles. The van der Waals surface area contributed by atoms with Crippen LogP contribution in [0.3, 0.4) is 0 Å². The molecule has 1 saturated carbocycles. The van der Waals surface area contributed by atoms with Crippen molar-refractivity contribution >= 4 is 16.7 Å². The normalized spacial score (nSPS) is 15.5. The number of aryl methyl sites for hydroxylation is 1. The van der Waals surface area contributed by atoms with E-state index >= 15 is 26.3 Å². The van der Waals surface area contributed by atoms with Gasteiger partial charge in [0.15, 0.2) is 63.4 Å². The van der Waals surface area contributed by atoms with Gasteiger partial charge in [0.2, 0.25) is 0 Å². The highest BCUT2D eigenvalue weighted by atomic mass is 19.4. The minimum Gasteiger partial charge on any atom is -0.243 e. The van der Waals surface area contributed by atoms with Crippen LogP contribution in [-0.2, 0) is 30.9 Å². The molecule has 3 heterocycles. The van der Waals surface area contributed by atoms with E-state index in [4.69, 9.17) is 0 Å². The molecule has 4 rings (SSSR count). The van der Waals surface area contributed by atoms with Gasteiger partial charge >= 0.3 is 30.9 Å². The number of allylic oxidation sites excluding steroid dienone is 6. The monoisotopic (exact) mass is 846 g/mol. The zero-order valence-corrected chi connectivity index (χ0v) is 26.1. The average molecular weight is 846 g/mol. The second-order valence-electron chi connectivity index (χ2n) is 10.7. The summed E-state index contributed by atoms with van der Waals surface area (Å²) in [6, 6.07) is 1.74. The van der Waals surface area contributed by atoms with Gasteiger partial charge in [0.25, 0.3) is 0 Å². The summed E-state index contributed by atoms with van der Waals surface area (Å²) in [6.07, 6.45) is -31.4. The molecular formula is C30H3F21N6. The number of nitriles is 3. The Morgan fingerprint density at radius 3 is 0.754 bits per heavy atom. The molecule has 3 aromatic rings. The zero-order chi connectivity index (χ0) is 43.9. The zero-order valence-electron chi connectivity index (χ0n) is 26.1. The van der Waals surface area contributed by atoms with Crippen LogP contribution in [0.25, 0.3) is 16.7 Å². The van der Waals surface area contributed by atoms with Gasteiger partial charge in [0, 0.05) is 16.7 Å². The lowest BCUT2D eigenvalue weighted by Crippen LogP contribution is -2.21. The van der Waals surface area contributed by atoms with Gasteiger partial charge in [-0.3, -0.25) is 0 Å². The maximum absolute atomic E-state index is 15.4. The highest BCUT2D eigenvalue weighted by molar-refractivity contribution is 6.12. The van der Waals surface area contributed by atoms with E-state index in [1.165, 1.54) is 0 Å². The Morgan fingerprint density at radius 2 is 0.561 bits per heavy atom. The first-order chi connectivity index (χ1) is 25.8. The van der Waals surface area contributed by atoms with Crippen LogP contribution in [0.2, 0.25) is 0 Å². The molecule has 0 aliphatic heterocycles. The van der Waals surface area contributed by atoms with Gasteiger partial charge in [0.1, 0.15) is 18.2 Å². The Balaban J connectivity index is 2.48. The average Bonchev–Trinajstić information content (AvgIpc) is 3.75. The number of hydrogen-bond acceptors (Lipinski definition) is 6. The fraction of sp³-hybridized carbons (Fsp3) is 0.200. The van der Waals surface area contributed by atoms with Crippen molar-refractivity contribution in [2.45, 2.75) is 37.8 Å². The minimum atomic E-state index is -6.37. The molecule has 3 aromatic heterocycles. The Bertz CT molecular complexity index is 2290. The Hall–Kier alpha value is -6.33. The molecule has 0 radical (unpaired) electrons. The van der Waals surface area contributed by atoms with E-state index in [2.05, 4.69) is 4.98 Å². The fourth-order valence-electron chi connectivity index (χ4n) is 4.99. The van der Waals surface area contributed by atoms with Gasteiger partial charge in [-0.15, -0.1) is 0 Å². The van der Waals surface area contributed by atoms with Crippen LogP contribution in [0.4, 0.5) is 92.2 Å². The first-order valence-electron chi connectivity index (χ1n) is 13.7. The predicted octanol–water partition coefficient (Wildman–Crippen LogP) is 10.4. The van der Waals surface area contributed by atoms with Gasteiger partial charge in [-0.2, -0.15) is 81.6 Å². The van der Waals surface area contributed by atoms with Crippen molar-refractivity contribution in [3.63, 3.8) is 0 Å². The molecule has 0 N–H and O–H groups in total. The van der Waals surface area contributed by atoms with Crippen LogP contribution in [0, 0.1) is 75.8 Å². The topological polar surface area (TPSA) is 110 Å². The van der Waals surface area contributed by atoms with Gasteiger partial charge in [-0.25, -0.2) is 41.3 Å². The largest absolute Gasteiger partial charge is 0.436 e. The summed E-state index contributed by atoms with van der Waals surface area (Å²) in [5.41, 5.74) is -38.8. The van der Waals surface area contributed by atoms with E-state index in [0.717, 1.165) is 0 Å². The van der Waals surface area contributed by atoms with E-state index in [1.54, 1.807) is 9.97 Å². The minimum absolute atomic E-state index is 0.326. The van der Waals surface area contributed by atoms with Crippen molar-refractivity contribution in [1.82, 2.24) is 15.0 Å². The summed E-state index contributed by atoms with van der Waals surface area (Å²) in [7, 11) is 0. The van der Waals surface area contributed by atoms with Crippen molar-refractivity contribution in [1.29, 1.82) is 15.8 Å². The second-order valence-corrected chi connectivity index (χ2v) is 10.7. The quantitative estimate of drug-likeness (QED) is 0.192. The Morgan fingerprint density at radius 1 is 0.368 bits per heavy atom. The standard InChI is InChI=1S/C30H3F21N6/c1-5-15(31)12(16(32)21(55-5)26(37,38)39)6(2-52)9-10(7(3-53)13-17(33)22(27(40,41)42)56-23(18(13)34)28(43,44)45)11(9)8(4-54)14-19(35)24(29(46,47)48)57-25(20(14)36)30(49,50)51/h1H3. The number of nitrogens with zero attached hydrogens (tertiary/aromatic N) is 6. The van der Waals surface area contributed by atoms with Crippen LogP contribution in [0.5, 0.6) is 0 Å². The Kier molecular flexibility index (Phi) is 10.4. The third-order valence-electron chi connectivity index (χ3n) is 7.27. The molecule has 0 saturated heterocycles. The van der Waals surface area contributed by atoms with Crippen LogP contribution in [0.15, 0.2) is 16.7 Å². The highest BCUT2D eigenvalue weighted by Gasteiger charge is 2.52. The molecule has 0 unspecified atom stereocenters. The van der Waals surface area contributed by atoms with Crippen molar-refractivity contribution in [2.24, 2.45) is 0 Å². The molecule has 57 heavy (non-hydrogen) atoms. The maximum Gasteiger partial charge on any atom is 0.436 e. The number of halogens is 21. The molecule has 6 nitrogen and oxygen atoms in total. The maximum atomic E-state index is 15.4. The van der Waals surface area contributed by atoms with E-state index < -0.39 is 150 Å². The summed E-state index contributed by atoms with van der Waals surface area (Å²) < 4.78 is 297. The van der Waals surface area contributed by atoms with Gasteiger partial charge in [-0.1, -0.05) is 0 Å². The molecule has 1 aliphatic rings. The lowest BCUT2D eigenvalue weighted by molar-refractivity contribution is -0.155. The van der Waals surface area contributed by atoms with E-state index in [1.807, 2.05) is 0 Å². The lowest BCUT2D eigenvalue weighted by Gasteiger charge is -2.16. The molecule has 0 spiro atoms. The van der Waals surface area contributed by atoms with Crippen molar-refractivity contribution < 1.29 is 92.2 Å². The molecule has 1 fully saturated rings. The molecule has 0 atom stereocenters. The number of alkyl halides is 15. The van der Waals surface area contributed by atoms with E-state index in [9.17, 15) is 81.6 Å². The van der Waals surface area contributed by atoms with Crippen LogP contribution in [-0.4, -0.2) is 15.0 Å². The van der Waals surface area contributed by atoms with Crippen LogP contribution < -0.4 is 0 Å². The van der Waals surface area contributed by atoms with Crippen LogP contribution >= 0.6 is 0 Å². The summed E-state index contributed by atoms with van der Waals surface area (Å²) in [5.74, 6) is -18.6. The number of hydrogen-bond donors (Lipinski definition) is 0. The third kappa shape index (κ3) is 7.38. The first-order valence-corrected chi connectivity index (χ1v) is 13.7. The van der Waals surface area contributed by atoms with Crippen molar-refractivity contribution in [3.05, 3.63) is 102 Å². The summed E-state index contributed by atoms with van der Waals surface area (Å²) in [4.78, 5) is 6.08. The van der Waals surface area contributed by atoms with Gasteiger partial charge < -0.3 is 0 Å². The second kappa shape index (κ2) is 13.7. The summed E-state index contributed by atoms with van der Waals surface area (Å²) in [5, 5.41) is 29.5.